The van der Waals surface area contributed by atoms with E-state index in [1.165, 1.54) is 28.4 Å². The van der Waals surface area contributed by atoms with Gasteiger partial charge in [-0.3, -0.25) is 14.5 Å². The molecule has 2 aliphatic rings. The Kier molecular flexibility index (Phi) is 7.90. The van der Waals surface area contributed by atoms with Crippen LogP contribution < -0.4 is 10.1 Å². The van der Waals surface area contributed by atoms with Gasteiger partial charge >= 0.3 is 5.97 Å². The van der Waals surface area contributed by atoms with Crippen molar-refractivity contribution in [3.8, 4) is 17.5 Å². The van der Waals surface area contributed by atoms with Crippen molar-refractivity contribution in [2.75, 3.05) is 12.9 Å². The SMILES string of the molecule is COc1ccc(COC(=O)C2=C(Sc3ccnn3-c3ccccc3)CS[C@H]3[C@H](NC(=O)CC#N)C(=O)N23)cc1. The van der Waals surface area contributed by atoms with Gasteiger partial charge in [0.2, 0.25) is 5.91 Å². The Balaban J connectivity index is 1.42. The Labute approximate surface area is 232 Å². The minimum atomic E-state index is -0.818. The monoisotopic (exact) mass is 561 g/mol. The van der Waals surface area contributed by atoms with Crippen molar-refractivity contribution in [1.82, 2.24) is 20.0 Å². The number of aromatic nitrogens is 2. The van der Waals surface area contributed by atoms with Gasteiger partial charge in [0.25, 0.3) is 5.91 Å². The molecule has 1 saturated heterocycles. The lowest BCUT2D eigenvalue weighted by atomic mass is 10.0. The number of esters is 1. The number of rotatable bonds is 9. The van der Waals surface area contributed by atoms with Crippen LogP contribution in [0.5, 0.6) is 5.75 Å². The summed E-state index contributed by atoms with van der Waals surface area (Å²) in [6, 6.07) is 19.5. The molecule has 0 bridgehead atoms. The summed E-state index contributed by atoms with van der Waals surface area (Å²) < 4.78 is 12.6. The Morgan fingerprint density at radius 3 is 2.67 bits per heavy atom. The standard InChI is InChI=1S/C27H23N5O5S2/c1-36-19-9-7-17(8-10-19)15-37-27(35)24-20(39-22-12-14-29-32(22)18-5-3-2-4-6-18)16-38-26-23(25(34)31(24)26)30-21(33)11-13-28/h2-10,12,14,23,26H,11,15-16H2,1H3,(H,30,33)/t23-,26+/m1/s1. The molecule has 0 unspecified atom stereocenters. The van der Waals surface area contributed by atoms with Crippen LogP contribution in [0.25, 0.3) is 5.69 Å². The zero-order valence-corrected chi connectivity index (χ0v) is 22.4. The van der Waals surface area contributed by atoms with Crippen LogP contribution >= 0.6 is 23.5 Å². The van der Waals surface area contributed by atoms with E-state index in [1.807, 2.05) is 36.4 Å². The van der Waals surface area contributed by atoms with E-state index < -0.39 is 29.2 Å². The predicted molar refractivity (Wildman–Crippen MR) is 144 cm³/mol. The highest BCUT2D eigenvalue weighted by Gasteiger charge is 2.54. The highest BCUT2D eigenvalue weighted by atomic mass is 32.2. The molecule has 0 saturated carbocycles. The fourth-order valence-electron chi connectivity index (χ4n) is 4.15. The normalized spacial score (nSPS) is 18.1. The van der Waals surface area contributed by atoms with Crippen molar-refractivity contribution in [3.05, 3.63) is 83.0 Å². The molecule has 2 amide bonds. The summed E-state index contributed by atoms with van der Waals surface area (Å²) >= 11 is 2.77. The molecule has 2 aromatic carbocycles. The quantitative estimate of drug-likeness (QED) is 0.309. The molecule has 198 valence electrons. The summed E-state index contributed by atoms with van der Waals surface area (Å²) in [6.07, 6.45) is 1.32. The molecule has 1 fully saturated rings. The van der Waals surface area contributed by atoms with Crippen LogP contribution in [0.1, 0.15) is 12.0 Å². The lowest BCUT2D eigenvalue weighted by molar-refractivity contribution is -0.153. The van der Waals surface area contributed by atoms with Gasteiger partial charge in [-0.25, -0.2) is 9.48 Å². The highest BCUT2D eigenvalue weighted by Crippen LogP contribution is 2.45. The molecule has 1 aromatic heterocycles. The zero-order chi connectivity index (χ0) is 27.4. The first kappa shape index (κ1) is 26.4. The minimum Gasteiger partial charge on any atom is -0.497 e. The Hall–Kier alpha value is -4.21. The number of benzene rings is 2. The number of carbonyl (C=O) groups is 3. The van der Waals surface area contributed by atoms with Gasteiger partial charge in [-0.1, -0.05) is 42.1 Å². The van der Waals surface area contributed by atoms with Gasteiger partial charge in [0.1, 0.15) is 40.9 Å². The molecule has 10 nitrogen and oxygen atoms in total. The molecule has 2 atom stereocenters. The number of β-lactam (4-membered cyclic amide) rings is 1. The van der Waals surface area contributed by atoms with Crippen molar-refractivity contribution >= 4 is 41.3 Å². The lowest BCUT2D eigenvalue weighted by Gasteiger charge is -2.49. The maximum Gasteiger partial charge on any atom is 0.356 e. The van der Waals surface area contributed by atoms with Crippen LogP contribution in [-0.4, -0.2) is 56.7 Å². The van der Waals surface area contributed by atoms with Crippen LogP contribution in [0.15, 0.2) is 82.5 Å². The fraction of sp³-hybridized carbons (Fsp3) is 0.222. The maximum atomic E-state index is 13.5. The number of thioether (sulfide) groups is 2. The number of nitriles is 1. The van der Waals surface area contributed by atoms with E-state index in [1.54, 1.807) is 48.3 Å². The smallest absolute Gasteiger partial charge is 0.356 e. The zero-order valence-electron chi connectivity index (χ0n) is 20.8. The van der Waals surface area contributed by atoms with Gasteiger partial charge < -0.3 is 14.8 Å². The first-order valence-corrected chi connectivity index (χ1v) is 13.8. The summed E-state index contributed by atoms with van der Waals surface area (Å²) in [5.41, 5.74) is 1.77. The van der Waals surface area contributed by atoms with Crippen LogP contribution in [0.4, 0.5) is 0 Å². The number of fused-ring (bicyclic) bond motifs is 1. The van der Waals surface area contributed by atoms with Gasteiger partial charge in [0.05, 0.1) is 25.1 Å². The molecule has 12 heteroatoms. The first-order valence-electron chi connectivity index (χ1n) is 11.9. The van der Waals surface area contributed by atoms with Crippen LogP contribution in [0.3, 0.4) is 0 Å². The molecule has 5 rings (SSSR count). The van der Waals surface area contributed by atoms with Crippen molar-refractivity contribution in [3.63, 3.8) is 0 Å². The molecule has 39 heavy (non-hydrogen) atoms. The largest absolute Gasteiger partial charge is 0.497 e. The summed E-state index contributed by atoms with van der Waals surface area (Å²) in [4.78, 5) is 40.7. The molecular formula is C27H23N5O5S2. The molecule has 0 radical (unpaired) electrons. The van der Waals surface area contributed by atoms with Crippen LogP contribution in [-0.2, 0) is 25.7 Å². The Morgan fingerprint density at radius 1 is 1.18 bits per heavy atom. The number of para-hydroxylation sites is 1. The van der Waals surface area contributed by atoms with E-state index in [-0.39, 0.29) is 18.7 Å². The molecule has 2 aliphatic heterocycles. The van der Waals surface area contributed by atoms with Crippen molar-refractivity contribution in [2.45, 2.75) is 29.5 Å². The van der Waals surface area contributed by atoms with Gasteiger partial charge in [-0.2, -0.15) is 10.4 Å². The minimum absolute atomic E-state index is 0.00833. The number of nitrogens with one attached hydrogen (secondary N) is 1. The van der Waals surface area contributed by atoms with E-state index in [2.05, 4.69) is 10.4 Å². The van der Waals surface area contributed by atoms with E-state index in [4.69, 9.17) is 14.7 Å². The number of carbonyl (C=O) groups excluding carboxylic acids is 3. The molecular weight excluding hydrogens is 538 g/mol. The molecule has 0 aliphatic carbocycles. The number of hydrogen-bond acceptors (Lipinski definition) is 9. The fourth-order valence-corrected chi connectivity index (χ4v) is 6.68. The topological polar surface area (TPSA) is 127 Å². The third-order valence-electron chi connectivity index (χ3n) is 6.05. The summed E-state index contributed by atoms with van der Waals surface area (Å²) in [5.74, 6) is -0.500. The maximum absolute atomic E-state index is 13.5. The average molecular weight is 562 g/mol. The van der Waals surface area contributed by atoms with Gasteiger partial charge in [-0.15, -0.1) is 11.8 Å². The number of methoxy groups -OCH3 is 1. The third kappa shape index (κ3) is 5.50. The van der Waals surface area contributed by atoms with Crippen molar-refractivity contribution in [2.24, 2.45) is 0 Å². The first-order chi connectivity index (χ1) is 19.0. The lowest BCUT2D eigenvalue weighted by Crippen LogP contribution is -2.70. The van der Waals surface area contributed by atoms with Crippen molar-refractivity contribution < 1.29 is 23.9 Å². The number of nitrogens with zero attached hydrogens (tertiary/aromatic N) is 4. The molecule has 1 N–H and O–H groups in total. The van der Waals surface area contributed by atoms with Gasteiger partial charge in [-0.05, 0) is 35.9 Å². The molecule has 0 spiro atoms. The van der Waals surface area contributed by atoms with Crippen LogP contribution in [0.2, 0.25) is 0 Å². The number of ether oxygens (including phenoxy) is 2. The second-order valence-corrected chi connectivity index (χ2v) is 10.7. The Bertz CT molecular complexity index is 1470. The van der Waals surface area contributed by atoms with E-state index >= 15 is 0 Å². The summed E-state index contributed by atoms with van der Waals surface area (Å²) in [5, 5.41) is 16.1. The summed E-state index contributed by atoms with van der Waals surface area (Å²) in [7, 11) is 1.57. The van der Waals surface area contributed by atoms with E-state index in [0.717, 1.165) is 16.3 Å². The Morgan fingerprint density at radius 2 is 1.95 bits per heavy atom. The highest BCUT2D eigenvalue weighted by molar-refractivity contribution is 8.06. The predicted octanol–water partition coefficient (Wildman–Crippen LogP) is 3.24. The van der Waals surface area contributed by atoms with Crippen molar-refractivity contribution in [1.29, 1.82) is 5.26 Å². The number of hydrogen-bond donors (Lipinski definition) is 1. The second kappa shape index (κ2) is 11.7. The second-order valence-electron chi connectivity index (χ2n) is 8.50. The van der Waals surface area contributed by atoms with E-state index in [9.17, 15) is 14.4 Å². The van der Waals surface area contributed by atoms with Gasteiger partial charge in [0, 0.05) is 10.7 Å². The summed E-state index contributed by atoms with van der Waals surface area (Å²) in [6.45, 7) is 0.00833. The molecule has 3 aromatic rings. The van der Waals surface area contributed by atoms with Crippen LogP contribution in [0, 0.1) is 11.3 Å². The third-order valence-corrected chi connectivity index (χ3v) is 8.61. The average Bonchev–Trinajstić information content (AvgIpc) is 3.43. The van der Waals surface area contributed by atoms with E-state index in [0.29, 0.717) is 16.4 Å². The number of amides is 2. The molecule has 3 heterocycles. The van der Waals surface area contributed by atoms with Gasteiger partial charge in [0.15, 0.2) is 0 Å².